The fourth-order valence-electron chi connectivity index (χ4n) is 3.91. The highest BCUT2D eigenvalue weighted by atomic mass is 16.7. The molecule has 2 saturated heterocycles. The Morgan fingerprint density at radius 3 is 1.33 bits per heavy atom. The van der Waals surface area contributed by atoms with Crippen LogP contribution in [0.1, 0.15) is 27.7 Å². The molecule has 3 aliphatic rings. The number of urea groups is 2. The first-order chi connectivity index (χ1) is 13.8. The first kappa shape index (κ1) is 21.2. The molecule has 1 saturated carbocycles. The lowest BCUT2D eigenvalue weighted by Gasteiger charge is -2.67. The van der Waals surface area contributed by atoms with Crippen LogP contribution in [0.4, 0.5) is 9.59 Å². The molecule has 0 bridgehead atoms. The van der Waals surface area contributed by atoms with Crippen molar-refractivity contribution in [3.8, 4) is 0 Å². The van der Waals surface area contributed by atoms with E-state index in [4.69, 9.17) is 9.68 Å². The van der Waals surface area contributed by atoms with Gasteiger partial charge in [0.15, 0.2) is 11.5 Å². The number of carbonyl (C=O) groups excluding carboxylic acids is 4. The average Bonchev–Trinajstić information content (AvgIpc) is 2.67. The van der Waals surface area contributed by atoms with E-state index in [2.05, 4.69) is 36.9 Å². The van der Waals surface area contributed by atoms with Gasteiger partial charge in [0.2, 0.25) is 0 Å². The molecule has 0 aromatic heterocycles. The number of hydrogen-bond acceptors (Lipinski definition) is 6. The van der Waals surface area contributed by atoms with Crippen LogP contribution in [-0.4, -0.2) is 46.1 Å². The van der Waals surface area contributed by atoms with E-state index in [0.29, 0.717) is 21.3 Å². The van der Waals surface area contributed by atoms with E-state index in [9.17, 15) is 19.2 Å². The van der Waals surface area contributed by atoms with Crippen LogP contribution in [0.2, 0.25) is 0 Å². The van der Waals surface area contributed by atoms with Crippen LogP contribution >= 0.6 is 0 Å². The van der Waals surface area contributed by atoms with Crippen molar-refractivity contribution in [3.63, 3.8) is 0 Å². The van der Waals surface area contributed by atoms with Crippen LogP contribution in [0.3, 0.4) is 0 Å². The molecule has 0 aromatic carbocycles. The summed E-state index contributed by atoms with van der Waals surface area (Å²) in [6.07, 6.45) is 0. The van der Waals surface area contributed by atoms with Gasteiger partial charge in [-0.15, -0.1) is 0 Å². The van der Waals surface area contributed by atoms with Gasteiger partial charge in [-0.05, 0) is 38.8 Å². The molecule has 2 aliphatic heterocycles. The average molecular weight is 416 g/mol. The first-order valence-electron chi connectivity index (χ1n) is 9.14. The Balaban J connectivity index is 1.96. The predicted octanol–water partition coefficient (Wildman–Crippen LogP) is 1.90. The van der Waals surface area contributed by atoms with Gasteiger partial charge in [0.25, 0.3) is 11.8 Å². The standard InChI is InChI=1S/C20H24N4O6/c1-9(2)11(5)29-23-15(25)19(7)13(21-17(23)27)14-20(19,8)16(26)24(18(28)22-14)30-12(6)10(3)4/h13-14H,1,3,5-6H2,2,4,7-8H3,(H,21,27)(H,22,28). The van der Waals surface area contributed by atoms with Crippen LogP contribution in [0.15, 0.2) is 49.0 Å². The number of allylic oxidation sites excluding steroid dienone is 2. The molecule has 10 heteroatoms. The maximum Gasteiger partial charge on any atom is 0.358 e. The molecule has 2 N–H and O–H groups in total. The van der Waals surface area contributed by atoms with Crippen molar-refractivity contribution in [1.29, 1.82) is 0 Å². The van der Waals surface area contributed by atoms with Gasteiger partial charge in [-0.2, -0.15) is 0 Å². The van der Waals surface area contributed by atoms with E-state index in [0.717, 1.165) is 0 Å². The zero-order valence-electron chi connectivity index (χ0n) is 17.3. The van der Waals surface area contributed by atoms with E-state index in [1.54, 1.807) is 13.8 Å². The minimum absolute atomic E-state index is 0.0209. The molecule has 2 heterocycles. The molecule has 30 heavy (non-hydrogen) atoms. The van der Waals surface area contributed by atoms with Crippen molar-refractivity contribution in [2.45, 2.75) is 39.8 Å². The molecule has 0 aromatic rings. The highest BCUT2D eigenvalue weighted by Crippen LogP contribution is 2.61. The maximum absolute atomic E-state index is 13.3. The third-order valence-corrected chi connectivity index (χ3v) is 6.20. The van der Waals surface area contributed by atoms with Gasteiger partial charge in [0.05, 0.1) is 22.9 Å². The number of amides is 6. The van der Waals surface area contributed by atoms with E-state index < -0.39 is 46.8 Å². The number of rotatable bonds is 6. The number of imide groups is 2. The van der Waals surface area contributed by atoms with Crippen molar-refractivity contribution < 1.29 is 28.9 Å². The van der Waals surface area contributed by atoms with Crippen molar-refractivity contribution in [2.24, 2.45) is 10.8 Å². The van der Waals surface area contributed by atoms with Crippen LogP contribution in [0, 0.1) is 10.8 Å². The molecule has 0 radical (unpaired) electrons. The summed E-state index contributed by atoms with van der Waals surface area (Å²) in [5, 5.41) is 6.31. The molecule has 3 fully saturated rings. The number of hydroxylamine groups is 4. The second-order valence-corrected chi connectivity index (χ2v) is 8.05. The molecule has 6 amide bonds. The summed E-state index contributed by atoms with van der Waals surface area (Å²) in [6.45, 7) is 20.8. The third kappa shape index (κ3) is 2.49. The van der Waals surface area contributed by atoms with Gasteiger partial charge in [-0.3, -0.25) is 9.59 Å². The second-order valence-electron chi connectivity index (χ2n) is 8.05. The summed E-state index contributed by atoms with van der Waals surface area (Å²) in [5.41, 5.74) is -2.03. The normalized spacial score (nSPS) is 32.1. The van der Waals surface area contributed by atoms with Crippen LogP contribution < -0.4 is 10.6 Å². The van der Waals surface area contributed by atoms with Gasteiger partial charge in [-0.1, -0.05) is 36.4 Å². The first-order valence-corrected chi connectivity index (χ1v) is 9.14. The summed E-state index contributed by atoms with van der Waals surface area (Å²) in [7, 11) is 0. The number of nitrogens with one attached hydrogen (secondary N) is 2. The SMILES string of the molecule is C=C(C)C(=C)ON1C(=O)NC2C3NC(=O)N(OC(=C)C(=C)C)C(=O)C3(C)C2(C)C1=O. The largest absolute Gasteiger partial charge is 0.368 e. The van der Waals surface area contributed by atoms with Crippen molar-refractivity contribution in [3.05, 3.63) is 49.0 Å². The molecular formula is C20H24N4O6. The highest BCUT2D eigenvalue weighted by molar-refractivity contribution is 6.10. The quantitative estimate of drug-likeness (QED) is 0.504. The van der Waals surface area contributed by atoms with Gasteiger partial charge >= 0.3 is 12.1 Å². The molecule has 0 spiro atoms. The molecule has 3 rings (SSSR count). The Morgan fingerprint density at radius 2 is 1.07 bits per heavy atom. The lowest BCUT2D eigenvalue weighted by Crippen LogP contribution is -2.91. The van der Waals surface area contributed by atoms with E-state index in [1.165, 1.54) is 13.8 Å². The van der Waals surface area contributed by atoms with Crippen molar-refractivity contribution >= 4 is 23.9 Å². The number of hydrogen-bond donors (Lipinski definition) is 2. The number of nitrogens with zero attached hydrogens (tertiary/aromatic N) is 2. The summed E-state index contributed by atoms with van der Waals surface area (Å²) in [4.78, 5) is 62.2. The van der Waals surface area contributed by atoms with Crippen molar-refractivity contribution in [2.75, 3.05) is 0 Å². The maximum atomic E-state index is 13.3. The molecule has 10 nitrogen and oxygen atoms in total. The zero-order valence-corrected chi connectivity index (χ0v) is 17.3. The van der Waals surface area contributed by atoms with Gasteiger partial charge < -0.3 is 20.3 Å². The Labute approximate surface area is 173 Å². The Hall–Kier alpha value is -3.56. The fourth-order valence-corrected chi connectivity index (χ4v) is 3.91. The molecule has 4 atom stereocenters. The Bertz CT molecular complexity index is 879. The van der Waals surface area contributed by atoms with E-state index in [1.807, 2.05) is 0 Å². The Morgan fingerprint density at radius 1 is 0.767 bits per heavy atom. The second kappa shape index (κ2) is 6.48. The van der Waals surface area contributed by atoms with Gasteiger partial charge in [0.1, 0.15) is 0 Å². The molecule has 1 aliphatic carbocycles. The Kier molecular flexibility index (Phi) is 4.57. The molecular weight excluding hydrogens is 392 g/mol. The number of carbonyl (C=O) groups is 4. The van der Waals surface area contributed by atoms with E-state index >= 15 is 0 Å². The zero-order chi connectivity index (χ0) is 22.8. The van der Waals surface area contributed by atoms with E-state index in [-0.39, 0.29) is 11.5 Å². The van der Waals surface area contributed by atoms with Gasteiger partial charge in [0, 0.05) is 0 Å². The number of fused-ring (bicyclic) bond motifs is 4. The third-order valence-electron chi connectivity index (χ3n) is 6.20. The predicted molar refractivity (Wildman–Crippen MR) is 105 cm³/mol. The fraction of sp³-hybridized carbons (Fsp3) is 0.400. The smallest absolute Gasteiger partial charge is 0.358 e. The highest BCUT2D eigenvalue weighted by Gasteiger charge is 2.81. The minimum atomic E-state index is -1.43. The topological polar surface area (TPSA) is 117 Å². The minimum Gasteiger partial charge on any atom is -0.368 e. The molecule has 4 unspecified atom stereocenters. The lowest BCUT2D eigenvalue weighted by atomic mass is 9.43. The summed E-state index contributed by atoms with van der Waals surface area (Å²) >= 11 is 0. The molecule has 160 valence electrons. The van der Waals surface area contributed by atoms with Crippen molar-refractivity contribution in [1.82, 2.24) is 20.8 Å². The van der Waals surface area contributed by atoms with Gasteiger partial charge in [-0.25, -0.2) is 9.59 Å². The van der Waals surface area contributed by atoms with Crippen LogP contribution in [-0.2, 0) is 19.3 Å². The summed E-state index contributed by atoms with van der Waals surface area (Å²) in [6, 6.07) is -3.30. The summed E-state index contributed by atoms with van der Waals surface area (Å²) < 4.78 is 0. The monoisotopic (exact) mass is 416 g/mol. The summed E-state index contributed by atoms with van der Waals surface area (Å²) in [5.74, 6) is -1.46. The van der Waals surface area contributed by atoms with Crippen LogP contribution in [0.25, 0.3) is 0 Å². The lowest BCUT2D eigenvalue weighted by molar-refractivity contribution is -0.231. The van der Waals surface area contributed by atoms with Crippen LogP contribution in [0.5, 0.6) is 0 Å².